The van der Waals surface area contributed by atoms with E-state index in [0.29, 0.717) is 11.5 Å². The van der Waals surface area contributed by atoms with Crippen molar-refractivity contribution in [2.75, 3.05) is 0 Å². The zero-order valence-electron chi connectivity index (χ0n) is 7.06. The molecule has 1 aromatic rings. The lowest BCUT2D eigenvalue weighted by atomic mass is 10.2. The van der Waals surface area contributed by atoms with E-state index < -0.39 is 12.0 Å². The third-order valence-corrected chi connectivity index (χ3v) is 1.60. The molecule has 0 fully saturated rings. The van der Waals surface area contributed by atoms with Gasteiger partial charge in [-0.3, -0.25) is 0 Å². The molecule has 5 heteroatoms. The number of nitroso groups, excluding NO2 is 1. The quantitative estimate of drug-likeness (QED) is 0.714. The van der Waals surface area contributed by atoms with E-state index in [1.807, 2.05) is 0 Å². The Labute approximate surface area is 74.3 Å². The molecule has 1 aromatic heterocycles. The lowest BCUT2D eigenvalue weighted by Gasteiger charge is -1.99. The van der Waals surface area contributed by atoms with Gasteiger partial charge in [-0.25, -0.2) is 4.79 Å². The maximum absolute atomic E-state index is 10.4. The zero-order valence-corrected chi connectivity index (χ0v) is 7.06. The lowest BCUT2D eigenvalue weighted by molar-refractivity contribution is -0.138. The Balaban J connectivity index is 2.67. The van der Waals surface area contributed by atoms with Crippen LogP contribution in [0.15, 0.2) is 21.7 Å². The number of rotatable bonds is 4. The van der Waals surface area contributed by atoms with Gasteiger partial charge in [0.05, 0.1) is 0 Å². The van der Waals surface area contributed by atoms with Crippen LogP contribution in [0.2, 0.25) is 0 Å². The summed E-state index contributed by atoms with van der Waals surface area (Å²) in [6, 6.07) is 2.08. The number of carboxylic acid groups (broad SMARTS) is 1. The highest BCUT2D eigenvalue weighted by Crippen LogP contribution is 2.10. The molecule has 1 atom stereocenters. The van der Waals surface area contributed by atoms with Crippen molar-refractivity contribution in [3.8, 4) is 0 Å². The molecule has 1 heterocycles. The Kier molecular flexibility index (Phi) is 2.79. The molecule has 1 unspecified atom stereocenters. The van der Waals surface area contributed by atoms with Gasteiger partial charge in [0.1, 0.15) is 11.5 Å². The molecule has 13 heavy (non-hydrogen) atoms. The van der Waals surface area contributed by atoms with Crippen molar-refractivity contribution in [1.82, 2.24) is 0 Å². The van der Waals surface area contributed by atoms with Gasteiger partial charge >= 0.3 is 5.97 Å². The molecule has 0 spiro atoms. The normalized spacial score (nSPS) is 12.4. The fourth-order valence-corrected chi connectivity index (χ4v) is 0.955. The molecular weight excluding hydrogens is 174 g/mol. The summed E-state index contributed by atoms with van der Waals surface area (Å²) < 4.78 is 5.10. The standard InChI is InChI=1S/C8H9NO4/c1-5-2-3-6(13-5)4-7(9-12)8(10)11/h2-3,7H,4H2,1H3,(H,10,11). The summed E-state index contributed by atoms with van der Waals surface area (Å²) >= 11 is 0. The summed E-state index contributed by atoms with van der Waals surface area (Å²) in [5.74, 6) is -0.0846. The summed E-state index contributed by atoms with van der Waals surface area (Å²) in [5.41, 5.74) is 0. The van der Waals surface area contributed by atoms with E-state index in [4.69, 9.17) is 9.52 Å². The Morgan fingerprint density at radius 1 is 1.69 bits per heavy atom. The molecule has 0 bridgehead atoms. The number of carbonyl (C=O) groups is 1. The minimum Gasteiger partial charge on any atom is -0.480 e. The van der Waals surface area contributed by atoms with Crippen LogP contribution in [0, 0.1) is 11.8 Å². The third-order valence-electron chi connectivity index (χ3n) is 1.60. The summed E-state index contributed by atoms with van der Waals surface area (Å²) in [4.78, 5) is 20.5. The third kappa shape index (κ3) is 2.40. The largest absolute Gasteiger partial charge is 0.480 e. The summed E-state index contributed by atoms with van der Waals surface area (Å²) in [7, 11) is 0. The van der Waals surface area contributed by atoms with Crippen LogP contribution in [0.3, 0.4) is 0 Å². The first-order valence-electron chi connectivity index (χ1n) is 3.74. The first-order chi connectivity index (χ1) is 6.13. The molecular formula is C8H9NO4. The minimum absolute atomic E-state index is 0.00662. The fourth-order valence-electron chi connectivity index (χ4n) is 0.955. The lowest BCUT2D eigenvalue weighted by Crippen LogP contribution is -2.19. The van der Waals surface area contributed by atoms with Crippen molar-refractivity contribution in [3.63, 3.8) is 0 Å². The maximum Gasteiger partial charge on any atom is 0.332 e. The van der Waals surface area contributed by atoms with Crippen molar-refractivity contribution < 1.29 is 14.3 Å². The van der Waals surface area contributed by atoms with E-state index in [9.17, 15) is 9.70 Å². The number of aliphatic carboxylic acids is 1. The van der Waals surface area contributed by atoms with Crippen LogP contribution in [0.1, 0.15) is 11.5 Å². The van der Waals surface area contributed by atoms with Gasteiger partial charge in [-0.2, -0.15) is 0 Å². The second-order valence-corrected chi connectivity index (χ2v) is 2.68. The molecule has 1 N–H and O–H groups in total. The topological polar surface area (TPSA) is 79.9 Å². The average molecular weight is 183 g/mol. The second kappa shape index (κ2) is 3.84. The Morgan fingerprint density at radius 2 is 2.38 bits per heavy atom. The first kappa shape index (κ1) is 9.44. The van der Waals surface area contributed by atoms with Gasteiger partial charge in [-0.05, 0) is 19.1 Å². The summed E-state index contributed by atoms with van der Waals surface area (Å²) in [5, 5.41) is 11.0. The van der Waals surface area contributed by atoms with E-state index in [0.717, 1.165) is 0 Å². The number of aryl methyl sites for hydroxylation is 1. The van der Waals surface area contributed by atoms with Gasteiger partial charge in [0.2, 0.25) is 0 Å². The van der Waals surface area contributed by atoms with Crippen molar-refractivity contribution >= 4 is 5.97 Å². The smallest absolute Gasteiger partial charge is 0.332 e. The molecule has 0 saturated carbocycles. The highest BCUT2D eigenvalue weighted by molar-refractivity contribution is 5.73. The van der Waals surface area contributed by atoms with Crippen LogP contribution in [0.4, 0.5) is 0 Å². The Morgan fingerprint density at radius 3 is 2.77 bits per heavy atom. The Hall–Kier alpha value is -1.65. The van der Waals surface area contributed by atoms with Crippen molar-refractivity contribution in [2.24, 2.45) is 5.18 Å². The molecule has 0 aliphatic heterocycles. The van der Waals surface area contributed by atoms with Crippen LogP contribution < -0.4 is 0 Å². The van der Waals surface area contributed by atoms with Gasteiger partial charge in [-0.1, -0.05) is 5.18 Å². The van der Waals surface area contributed by atoms with Gasteiger partial charge in [0.15, 0.2) is 6.04 Å². The molecule has 1 rings (SSSR count). The molecule has 0 radical (unpaired) electrons. The molecule has 0 aliphatic carbocycles. The SMILES string of the molecule is Cc1ccc(CC(N=O)C(=O)O)o1. The molecule has 70 valence electrons. The predicted molar refractivity (Wildman–Crippen MR) is 44.4 cm³/mol. The molecule has 0 amide bonds. The number of nitrogens with zero attached hydrogens (tertiary/aromatic N) is 1. The Bertz CT molecular complexity index is 318. The summed E-state index contributed by atoms with van der Waals surface area (Å²) in [6.07, 6.45) is 0.00662. The van der Waals surface area contributed by atoms with E-state index in [1.165, 1.54) is 0 Å². The van der Waals surface area contributed by atoms with Gasteiger partial charge < -0.3 is 9.52 Å². The average Bonchev–Trinajstić information content (AvgIpc) is 2.46. The number of furan rings is 1. The molecule has 0 aliphatic rings. The summed E-state index contributed by atoms with van der Waals surface area (Å²) in [6.45, 7) is 1.74. The molecule has 5 nitrogen and oxygen atoms in total. The van der Waals surface area contributed by atoms with Crippen molar-refractivity contribution in [2.45, 2.75) is 19.4 Å². The van der Waals surface area contributed by atoms with Crippen LogP contribution in [0.5, 0.6) is 0 Å². The van der Waals surface area contributed by atoms with Crippen LogP contribution in [-0.4, -0.2) is 17.1 Å². The van der Waals surface area contributed by atoms with E-state index in [-0.39, 0.29) is 6.42 Å². The van der Waals surface area contributed by atoms with E-state index in [1.54, 1.807) is 19.1 Å². The first-order valence-corrected chi connectivity index (χ1v) is 3.74. The minimum atomic E-state index is -1.26. The molecule has 0 aromatic carbocycles. The van der Waals surface area contributed by atoms with Crippen molar-refractivity contribution in [1.29, 1.82) is 0 Å². The zero-order chi connectivity index (χ0) is 9.84. The second-order valence-electron chi connectivity index (χ2n) is 2.68. The van der Waals surface area contributed by atoms with Gasteiger partial charge in [0, 0.05) is 6.42 Å². The highest BCUT2D eigenvalue weighted by Gasteiger charge is 2.19. The van der Waals surface area contributed by atoms with Crippen LogP contribution >= 0.6 is 0 Å². The fraction of sp³-hybridized carbons (Fsp3) is 0.375. The van der Waals surface area contributed by atoms with Crippen LogP contribution in [0.25, 0.3) is 0 Å². The van der Waals surface area contributed by atoms with E-state index >= 15 is 0 Å². The van der Waals surface area contributed by atoms with Gasteiger partial charge in [-0.15, -0.1) is 4.91 Å². The van der Waals surface area contributed by atoms with E-state index in [2.05, 4.69) is 5.18 Å². The van der Waals surface area contributed by atoms with Crippen LogP contribution in [-0.2, 0) is 11.2 Å². The predicted octanol–water partition coefficient (Wildman–Crippen LogP) is 1.35. The van der Waals surface area contributed by atoms with Gasteiger partial charge in [0.25, 0.3) is 0 Å². The van der Waals surface area contributed by atoms with Crippen molar-refractivity contribution in [3.05, 3.63) is 28.6 Å². The number of hydrogen-bond donors (Lipinski definition) is 1. The number of hydrogen-bond acceptors (Lipinski definition) is 4. The molecule has 0 saturated heterocycles. The maximum atomic E-state index is 10.4. The monoisotopic (exact) mass is 183 g/mol. The highest BCUT2D eigenvalue weighted by atomic mass is 16.4. The number of carboxylic acids is 1.